The lowest BCUT2D eigenvalue weighted by Crippen LogP contribution is -2.30. The highest BCUT2D eigenvalue weighted by molar-refractivity contribution is 6.30. The number of halogens is 2. The number of hydrogen-bond acceptors (Lipinski definition) is 1. The van der Waals surface area contributed by atoms with Gasteiger partial charge in [-0.3, -0.25) is 0 Å². The van der Waals surface area contributed by atoms with Crippen molar-refractivity contribution in [2.45, 2.75) is 39.2 Å². The van der Waals surface area contributed by atoms with Gasteiger partial charge in [0.15, 0.2) is 0 Å². The van der Waals surface area contributed by atoms with E-state index in [2.05, 4.69) is 19.2 Å². The second-order valence-corrected chi connectivity index (χ2v) is 5.87. The Hall–Kier alpha value is -0.600. The predicted molar refractivity (Wildman–Crippen MR) is 69.9 cm³/mol. The van der Waals surface area contributed by atoms with E-state index in [1.54, 1.807) is 12.1 Å². The van der Waals surface area contributed by atoms with Crippen LogP contribution >= 0.6 is 11.6 Å². The van der Waals surface area contributed by atoms with Crippen LogP contribution < -0.4 is 5.32 Å². The van der Waals surface area contributed by atoms with Gasteiger partial charge in [-0.2, -0.15) is 0 Å². The Labute approximate surface area is 107 Å². The SMILES string of the molecule is CC(C)NCC1(Cc2ccc(Cl)c(F)c2)CC1. The van der Waals surface area contributed by atoms with Crippen molar-refractivity contribution in [3.8, 4) is 0 Å². The monoisotopic (exact) mass is 255 g/mol. The molecule has 1 N–H and O–H groups in total. The van der Waals surface area contributed by atoms with E-state index in [0.717, 1.165) is 18.5 Å². The Kier molecular flexibility index (Phi) is 3.74. The maximum atomic E-state index is 13.3. The number of hydrogen-bond donors (Lipinski definition) is 1. The Morgan fingerprint density at radius 1 is 1.41 bits per heavy atom. The summed E-state index contributed by atoms with van der Waals surface area (Å²) in [7, 11) is 0. The van der Waals surface area contributed by atoms with Crippen molar-refractivity contribution in [3.05, 3.63) is 34.6 Å². The fourth-order valence-electron chi connectivity index (χ4n) is 2.10. The quantitative estimate of drug-likeness (QED) is 0.844. The van der Waals surface area contributed by atoms with Gasteiger partial charge in [0.25, 0.3) is 0 Å². The summed E-state index contributed by atoms with van der Waals surface area (Å²) < 4.78 is 13.3. The van der Waals surface area contributed by atoms with Gasteiger partial charge in [-0.25, -0.2) is 4.39 Å². The Bertz CT molecular complexity index is 399. The third kappa shape index (κ3) is 3.43. The molecule has 0 bridgehead atoms. The molecule has 0 atom stereocenters. The van der Waals surface area contributed by atoms with Crippen molar-refractivity contribution in [1.29, 1.82) is 0 Å². The van der Waals surface area contributed by atoms with Crippen molar-refractivity contribution in [2.75, 3.05) is 6.54 Å². The second-order valence-electron chi connectivity index (χ2n) is 5.46. The smallest absolute Gasteiger partial charge is 0.142 e. The topological polar surface area (TPSA) is 12.0 Å². The molecule has 2 rings (SSSR count). The highest BCUT2D eigenvalue weighted by atomic mass is 35.5. The van der Waals surface area contributed by atoms with E-state index in [0.29, 0.717) is 11.5 Å². The van der Waals surface area contributed by atoms with Crippen molar-refractivity contribution in [3.63, 3.8) is 0 Å². The van der Waals surface area contributed by atoms with E-state index in [1.807, 2.05) is 6.07 Å². The molecular formula is C14H19ClFN. The summed E-state index contributed by atoms with van der Waals surface area (Å²) in [4.78, 5) is 0. The van der Waals surface area contributed by atoms with Crippen LogP contribution in [0.5, 0.6) is 0 Å². The highest BCUT2D eigenvalue weighted by Gasteiger charge is 2.42. The Morgan fingerprint density at radius 2 is 2.12 bits per heavy atom. The second kappa shape index (κ2) is 4.95. The van der Waals surface area contributed by atoms with Crippen LogP contribution in [0.25, 0.3) is 0 Å². The summed E-state index contributed by atoms with van der Waals surface area (Å²) >= 11 is 5.68. The van der Waals surface area contributed by atoms with E-state index in [9.17, 15) is 4.39 Å². The van der Waals surface area contributed by atoms with E-state index in [1.165, 1.54) is 12.8 Å². The van der Waals surface area contributed by atoms with Gasteiger partial charge in [0, 0.05) is 12.6 Å². The van der Waals surface area contributed by atoms with Gasteiger partial charge in [0.1, 0.15) is 5.82 Å². The number of nitrogens with one attached hydrogen (secondary N) is 1. The maximum absolute atomic E-state index is 13.3. The first-order valence-electron chi connectivity index (χ1n) is 6.18. The van der Waals surface area contributed by atoms with Gasteiger partial charge in [0.2, 0.25) is 0 Å². The van der Waals surface area contributed by atoms with Crippen LogP contribution in [0, 0.1) is 11.2 Å². The molecule has 17 heavy (non-hydrogen) atoms. The van der Waals surface area contributed by atoms with Gasteiger partial charge in [-0.15, -0.1) is 0 Å². The summed E-state index contributed by atoms with van der Waals surface area (Å²) in [6.07, 6.45) is 3.41. The minimum absolute atomic E-state index is 0.207. The van der Waals surface area contributed by atoms with Gasteiger partial charge in [-0.05, 0) is 42.4 Å². The molecule has 0 saturated heterocycles. The fraction of sp³-hybridized carbons (Fsp3) is 0.571. The summed E-state index contributed by atoms with van der Waals surface area (Å²) in [5.74, 6) is -0.309. The number of benzene rings is 1. The van der Waals surface area contributed by atoms with Crippen LogP contribution in [0.4, 0.5) is 4.39 Å². The molecule has 1 aliphatic rings. The molecule has 0 spiro atoms. The third-order valence-electron chi connectivity index (χ3n) is 3.41. The lowest BCUT2D eigenvalue weighted by molar-refractivity contribution is 0.429. The van der Waals surface area contributed by atoms with E-state index < -0.39 is 0 Å². The summed E-state index contributed by atoms with van der Waals surface area (Å²) in [6, 6.07) is 5.66. The molecule has 0 unspecified atom stereocenters. The Balaban J connectivity index is 1.98. The summed E-state index contributed by atoms with van der Waals surface area (Å²) in [6.45, 7) is 5.32. The molecule has 0 aromatic heterocycles. The molecule has 0 aliphatic heterocycles. The maximum Gasteiger partial charge on any atom is 0.142 e. The molecule has 1 fully saturated rings. The van der Waals surface area contributed by atoms with Crippen LogP contribution in [-0.4, -0.2) is 12.6 Å². The van der Waals surface area contributed by atoms with Crippen LogP contribution in [0.1, 0.15) is 32.3 Å². The average molecular weight is 256 g/mol. The molecule has 1 saturated carbocycles. The van der Waals surface area contributed by atoms with Gasteiger partial charge in [0.05, 0.1) is 5.02 Å². The molecule has 1 aromatic carbocycles. The highest BCUT2D eigenvalue weighted by Crippen LogP contribution is 2.48. The molecule has 94 valence electrons. The zero-order chi connectivity index (χ0) is 12.5. The lowest BCUT2D eigenvalue weighted by atomic mass is 9.96. The van der Waals surface area contributed by atoms with Crippen LogP contribution in [0.3, 0.4) is 0 Å². The largest absolute Gasteiger partial charge is 0.314 e. The molecule has 0 heterocycles. The third-order valence-corrected chi connectivity index (χ3v) is 3.71. The van der Waals surface area contributed by atoms with Crippen LogP contribution in [0.15, 0.2) is 18.2 Å². The zero-order valence-corrected chi connectivity index (χ0v) is 11.1. The fourth-order valence-corrected chi connectivity index (χ4v) is 2.21. The average Bonchev–Trinajstić information content (AvgIpc) is 3.02. The summed E-state index contributed by atoms with van der Waals surface area (Å²) in [5, 5.41) is 3.68. The van der Waals surface area contributed by atoms with Crippen molar-refractivity contribution < 1.29 is 4.39 Å². The minimum atomic E-state index is -0.309. The molecule has 1 aromatic rings. The molecule has 0 radical (unpaired) electrons. The lowest BCUT2D eigenvalue weighted by Gasteiger charge is -2.18. The Morgan fingerprint density at radius 3 is 2.65 bits per heavy atom. The summed E-state index contributed by atoms with van der Waals surface area (Å²) in [5.41, 5.74) is 1.40. The van der Waals surface area contributed by atoms with Gasteiger partial charge < -0.3 is 5.32 Å². The van der Waals surface area contributed by atoms with Gasteiger partial charge >= 0.3 is 0 Å². The van der Waals surface area contributed by atoms with E-state index >= 15 is 0 Å². The predicted octanol–water partition coefficient (Wildman–Crippen LogP) is 3.80. The first-order chi connectivity index (χ1) is 8.01. The molecule has 0 amide bonds. The van der Waals surface area contributed by atoms with Crippen molar-refractivity contribution in [1.82, 2.24) is 5.32 Å². The minimum Gasteiger partial charge on any atom is -0.314 e. The van der Waals surface area contributed by atoms with Crippen molar-refractivity contribution >= 4 is 11.6 Å². The van der Waals surface area contributed by atoms with Gasteiger partial charge in [-0.1, -0.05) is 31.5 Å². The molecular weight excluding hydrogens is 237 g/mol. The number of rotatable bonds is 5. The first kappa shape index (κ1) is 12.8. The molecule has 3 heteroatoms. The molecule has 1 aliphatic carbocycles. The van der Waals surface area contributed by atoms with E-state index in [4.69, 9.17) is 11.6 Å². The zero-order valence-electron chi connectivity index (χ0n) is 10.4. The normalized spacial score (nSPS) is 17.5. The van der Waals surface area contributed by atoms with E-state index in [-0.39, 0.29) is 10.8 Å². The standard InChI is InChI=1S/C14H19ClFN/c1-10(2)17-9-14(5-6-14)8-11-3-4-12(15)13(16)7-11/h3-4,7,10,17H,5-6,8-9H2,1-2H3. The van der Waals surface area contributed by atoms with Crippen molar-refractivity contribution in [2.24, 2.45) is 5.41 Å². The molecule has 1 nitrogen and oxygen atoms in total. The first-order valence-corrected chi connectivity index (χ1v) is 6.56. The van der Waals surface area contributed by atoms with Crippen LogP contribution in [0.2, 0.25) is 5.02 Å². The van der Waals surface area contributed by atoms with Crippen LogP contribution in [-0.2, 0) is 6.42 Å².